The highest BCUT2D eigenvalue weighted by Gasteiger charge is 2.57. The first-order chi connectivity index (χ1) is 6.31. The largest absolute Gasteiger partial charge is 0.389 e. The van der Waals surface area contributed by atoms with E-state index in [9.17, 15) is 5.11 Å². The monoisotopic (exact) mass is 180 g/mol. The molecule has 0 saturated heterocycles. The van der Waals surface area contributed by atoms with Crippen molar-refractivity contribution in [1.82, 2.24) is 0 Å². The van der Waals surface area contributed by atoms with Crippen molar-refractivity contribution in [3.63, 3.8) is 0 Å². The molecule has 0 aromatic rings. The highest BCUT2D eigenvalue weighted by atomic mass is 16.3. The van der Waals surface area contributed by atoms with E-state index < -0.39 is 0 Å². The van der Waals surface area contributed by atoms with Gasteiger partial charge in [0.15, 0.2) is 0 Å². The molecule has 74 valence electrons. The third-order valence-electron chi connectivity index (χ3n) is 4.78. The lowest BCUT2D eigenvalue weighted by atomic mass is 9.74. The fraction of sp³-hybridized carbons (Fsp3) is 1.00. The van der Waals surface area contributed by atoms with Gasteiger partial charge in [-0.1, -0.05) is 19.3 Å². The number of rotatable bonds is 1. The van der Waals surface area contributed by atoms with E-state index in [-0.39, 0.29) is 5.60 Å². The first-order valence-electron chi connectivity index (χ1n) is 6.03. The third kappa shape index (κ3) is 1.16. The van der Waals surface area contributed by atoms with E-state index in [4.69, 9.17) is 0 Å². The third-order valence-corrected chi connectivity index (χ3v) is 4.78. The Hall–Kier alpha value is -0.0400. The van der Waals surface area contributed by atoms with Crippen LogP contribution in [0, 0.1) is 17.8 Å². The molecule has 0 radical (unpaired) electrons. The molecule has 3 rings (SSSR count). The van der Waals surface area contributed by atoms with Gasteiger partial charge in [0.1, 0.15) is 0 Å². The van der Waals surface area contributed by atoms with Gasteiger partial charge in [0.2, 0.25) is 0 Å². The smallest absolute Gasteiger partial charge is 0.0706 e. The summed E-state index contributed by atoms with van der Waals surface area (Å²) in [5, 5.41) is 10.7. The van der Waals surface area contributed by atoms with Gasteiger partial charge < -0.3 is 5.11 Å². The molecule has 1 N–H and O–H groups in total. The molecule has 0 aromatic heterocycles. The minimum atomic E-state index is -0.209. The van der Waals surface area contributed by atoms with Crippen molar-refractivity contribution in [2.24, 2.45) is 17.8 Å². The van der Waals surface area contributed by atoms with Crippen LogP contribution in [-0.4, -0.2) is 10.7 Å². The number of aliphatic hydroxyl groups is 1. The van der Waals surface area contributed by atoms with Crippen LogP contribution in [0.25, 0.3) is 0 Å². The Bertz CT molecular complexity index is 207. The second-order valence-corrected chi connectivity index (χ2v) is 5.47. The summed E-state index contributed by atoms with van der Waals surface area (Å²) in [7, 11) is 0. The molecule has 0 heterocycles. The van der Waals surface area contributed by atoms with Crippen LogP contribution in [0.15, 0.2) is 0 Å². The van der Waals surface area contributed by atoms with Crippen LogP contribution in [0.2, 0.25) is 0 Å². The summed E-state index contributed by atoms with van der Waals surface area (Å²) in [6.07, 6.45) is 10.5. The number of hydrogen-bond acceptors (Lipinski definition) is 1. The second kappa shape index (κ2) is 2.73. The normalized spacial score (nSPS) is 50.5. The maximum atomic E-state index is 10.7. The molecule has 3 aliphatic carbocycles. The van der Waals surface area contributed by atoms with E-state index in [1.165, 1.54) is 44.9 Å². The molecule has 0 aromatic carbocycles. The molecule has 0 spiro atoms. The van der Waals surface area contributed by atoms with E-state index in [0.717, 1.165) is 12.3 Å². The standard InChI is InChI=1S/C12H20O/c13-12(10-5-1-2-6-10)7-3-4-9-8-11(9)12/h9-11,13H,1-8H2. The van der Waals surface area contributed by atoms with Crippen LogP contribution < -0.4 is 0 Å². The molecule has 1 heteroatoms. The maximum Gasteiger partial charge on any atom is 0.0706 e. The summed E-state index contributed by atoms with van der Waals surface area (Å²) in [5.74, 6) is 2.30. The van der Waals surface area contributed by atoms with Gasteiger partial charge in [0, 0.05) is 0 Å². The highest BCUT2D eigenvalue weighted by molar-refractivity contribution is 5.07. The van der Waals surface area contributed by atoms with Gasteiger partial charge in [-0.15, -0.1) is 0 Å². The lowest BCUT2D eigenvalue weighted by Crippen LogP contribution is -2.41. The van der Waals surface area contributed by atoms with Gasteiger partial charge in [-0.3, -0.25) is 0 Å². The fourth-order valence-corrected chi connectivity index (χ4v) is 3.94. The predicted molar refractivity (Wildman–Crippen MR) is 52.4 cm³/mol. The Balaban J connectivity index is 1.78. The van der Waals surface area contributed by atoms with Gasteiger partial charge in [0.05, 0.1) is 5.60 Å². The molecule has 3 atom stereocenters. The van der Waals surface area contributed by atoms with Gasteiger partial charge in [0.25, 0.3) is 0 Å². The SMILES string of the molecule is OC1(C2CCCC2)CCCC2CC21. The highest BCUT2D eigenvalue weighted by Crippen LogP contribution is 2.59. The first kappa shape index (κ1) is 8.28. The molecule has 0 bridgehead atoms. The van der Waals surface area contributed by atoms with Gasteiger partial charge in [-0.05, 0) is 49.9 Å². The molecular formula is C12H20O. The zero-order chi connectivity index (χ0) is 8.89. The lowest BCUT2D eigenvalue weighted by molar-refractivity contribution is -0.0608. The molecule has 1 nitrogen and oxygen atoms in total. The summed E-state index contributed by atoms with van der Waals surface area (Å²) in [4.78, 5) is 0. The van der Waals surface area contributed by atoms with E-state index >= 15 is 0 Å². The second-order valence-electron chi connectivity index (χ2n) is 5.47. The summed E-state index contributed by atoms with van der Waals surface area (Å²) in [5.41, 5.74) is -0.209. The van der Waals surface area contributed by atoms with E-state index in [0.29, 0.717) is 11.8 Å². The van der Waals surface area contributed by atoms with Crippen LogP contribution in [0.1, 0.15) is 51.4 Å². The Kier molecular flexibility index (Phi) is 1.74. The van der Waals surface area contributed by atoms with Crippen molar-refractivity contribution in [2.45, 2.75) is 57.0 Å². The van der Waals surface area contributed by atoms with Crippen molar-refractivity contribution in [1.29, 1.82) is 0 Å². The Labute approximate surface area is 80.5 Å². The van der Waals surface area contributed by atoms with Crippen LogP contribution in [0.5, 0.6) is 0 Å². The zero-order valence-electron chi connectivity index (χ0n) is 8.34. The average Bonchev–Trinajstić information content (AvgIpc) is 2.74. The fourth-order valence-electron chi connectivity index (χ4n) is 3.94. The molecule has 3 aliphatic rings. The Morgan fingerprint density at radius 2 is 1.77 bits per heavy atom. The van der Waals surface area contributed by atoms with Gasteiger partial charge in [-0.25, -0.2) is 0 Å². The molecule has 3 fully saturated rings. The van der Waals surface area contributed by atoms with Crippen LogP contribution in [0.3, 0.4) is 0 Å². The van der Waals surface area contributed by atoms with Crippen LogP contribution in [0.4, 0.5) is 0 Å². The van der Waals surface area contributed by atoms with Crippen LogP contribution in [-0.2, 0) is 0 Å². The molecule has 0 aliphatic heterocycles. The lowest BCUT2D eigenvalue weighted by Gasteiger charge is -2.37. The molecule has 3 unspecified atom stereocenters. The molecule has 13 heavy (non-hydrogen) atoms. The summed E-state index contributed by atoms with van der Waals surface area (Å²) < 4.78 is 0. The van der Waals surface area contributed by atoms with Gasteiger partial charge >= 0.3 is 0 Å². The van der Waals surface area contributed by atoms with Crippen molar-refractivity contribution >= 4 is 0 Å². The van der Waals surface area contributed by atoms with E-state index in [2.05, 4.69) is 0 Å². The Morgan fingerprint density at radius 3 is 2.54 bits per heavy atom. The minimum Gasteiger partial charge on any atom is -0.389 e. The summed E-state index contributed by atoms with van der Waals surface area (Å²) in [6.45, 7) is 0. The van der Waals surface area contributed by atoms with Crippen molar-refractivity contribution in [3.8, 4) is 0 Å². The molecule has 0 amide bonds. The summed E-state index contributed by atoms with van der Waals surface area (Å²) in [6, 6.07) is 0. The van der Waals surface area contributed by atoms with E-state index in [1.54, 1.807) is 0 Å². The topological polar surface area (TPSA) is 20.2 Å². The molecular weight excluding hydrogens is 160 g/mol. The maximum absolute atomic E-state index is 10.7. The van der Waals surface area contributed by atoms with E-state index in [1.807, 2.05) is 0 Å². The average molecular weight is 180 g/mol. The molecule has 3 saturated carbocycles. The van der Waals surface area contributed by atoms with Crippen molar-refractivity contribution in [2.75, 3.05) is 0 Å². The van der Waals surface area contributed by atoms with Crippen molar-refractivity contribution in [3.05, 3.63) is 0 Å². The number of fused-ring (bicyclic) bond motifs is 1. The zero-order valence-corrected chi connectivity index (χ0v) is 8.34. The number of hydrogen-bond donors (Lipinski definition) is 1. The Morgan fingerprint density at radius 1 is 1.00 bits per heavy atom. The predicted octanol–water partition coefficient (Wildman–Crippen LogP) is 2.73. The van der Waals surface area contributed by atoms with Crippen LogP contribution >= 0.6 is 0 Å². The van der Waals surface area contributed by atoms with Crippen molar-refractivity contribution < 1.29 is 5.11 Å². The summed E-state index contributed by atoms with van der Waals surface area (Å²) >= 11 is 0. The quantitative estimate of drug-likeness (QED) is 0.658. The van der Waals surface area contributed by atoms with Gasteiger partial charge in [-0.2, -0.15) is 0 Å². The minimum absolute atomic E-state index is 0.209. The first-order valence-corrected chi connectivity index (χ1v) is 6.03.